The molecule has 0 spiro atoms. The standard InChI is InChI=1S/C15H27N5/c1-4-13-18-14(16-5-2)9-15(19-13)17-10-12-7-6-8-20(3)11-12/h9,12H,4-8,10-11H2,1-3H3,(H2,16,17,18,19). The van der Waals surface area contributed by atoms with Crippen LogP contribution in [-0.4, -0.2) is 48.1 Å². The molecule has 0 radical (unpaired) electrons. The van der Waals surface area contributed by atoms with E-state index in [1.807, 2.05) is 6.07 Å². The third-order valence-corrected chi connectivity index (χ3v) is 3.74. The average Bonchev–Trinajstić information content (AvgIpc) is 2.45. The minimum absolute atomic E-state index is 0.719. The number of nitrogens with one attached hydrogen (secondary N) is 2. The van der Waals surface area contributed by atoms with Crippen LogP contribution in [0.5, 0.6) is 0 Å². The predicted octanol–water partition coefficient (Wildman–Crippen LogP) is 2.22. The number of nitrogens with zero attached hydrogens (tertiary/aromatic N) is 3. The molecule has 0 saturated carbocycles. The molecule has 2 heterocycles. The van der Waals surface area contributed by atoms with Gasteiger partial charge in [0.05, 0.1) is 0 Å². The molecule has 1 saturated heterocycles. The molecule has 1 aliphatic rings. The lowest BCUT2D eigenvalue weighted by atomic mass is 9.98. The van der Waals surface area contributed by atoms with E-state index in [9.17, 15) is 0 Å². The fourth-order valence-corrected chi connectivity index (χ4v) is 2.71. The van der Waals surface area contributed by atoms with Crippen molar-refractivity contribution in [1.82, 2.24) is 14.9 Å². The summed E-state index contributed by atoms with van der Waals surface area (Å²) in [6.07, 6.45) is 3.47. The minimum atomic E-state index is 0.719. The summed E-state index contributed by atoms with van der Waals surface area (Å²) in [7, 11) is 2.20. The molecule has 1 atom stereocenters. The van der Waals surface area contributed by atoms with Crippen molar-refractivity contribution in [3.05, 3.63) is 11.9 Å². The number of anilines is 2. The van der Waals surface area contributed by atoms with Gasteiger partial charge < -0.3 is 15.5 Å². The number of rotatable bonds is 6. The Hall–Kier alpha value is -1.36. The Morgan fingerprint density at radius 1 is 1.25 bits per heavy atom. The average molecular weight is 277 g/mol. The molecule has 0 aliphatic carbocycles. The van der Waals surface area contributed by atoms with Crippen molar-refractivity contribution in [3.63, 3.8) is 0 Å². The van der Waals surface area contributed by atoms with Gasteiger partial charge in [0.1, 0.15) is 17.5 Å². The lowest BCUT2D eigenvalue weighted by Gasteiger charge is -2.29. The Kier molecular flexibility index (Phi) is 5.59. The van der Waals surface area contributed by atoms with E-state index < -0.39 is 0 Å². The number of hydrogen-bond acceptors (Lipinski definition) is 5. The Labute approximate surface area is 122 Å². The van der Waals surface area contributed by atoms with Gasteiger partial charge in [-0.3, -0.25) is 0 Å². The second-order valence-corrected chi connectivity index (χ2v) is 5.59. The Balaban J connectivity index is 1.95. The quantitative estimate of drug-likeness (QED) is 0.835. The van der Waals surface area contributed by atoms with E-state index in [0.717, 1.165) is 42.9 Å². The molecular formula is C15H27N5. The first kappa shape index (κ1) is 15.0. The zero-order valence-corrected chi connectivity index (χ0v) is 12.9. The molecule has 1 aliphatic heterocycles. The van der Waals surface area contributed by atoms with Crippen LogP contribution in [0.4, 0.5) is 11.6 Å². The lowest BCUT2D eigenvalue weighted by molar-refractivity contribution is 0.217. The number of aromatic nitrogens is 2. The molecule has 2 N–H and O–H groups in total. The van der Waals surface area contributed by atoms with Crippen molar-refractivity contribution in [2.24, 2.45) is 5.92 Å². The fourth-order valence-electron chi connectivity index (χ4n) is 2.71. The molecule has 5 nitrogen and oxygen atoms in total. The van der Waals surface area contributed by atoms with Gasteiger partial charge in [-0.15, -0.1) is 0 Å². The second-order valence-electron chi connectivity index (χ2n) is 5.59. The van der Waals surface area contributed by atoms with E-state index in [0.29, 0.717) is 0 Å². The van der Waals surface area contributed by atoms with Crippen LogP contribution in [0.3, 0.4) is 0 Å². The van der Waals surface area contributed by atoms with Gasteiger partial charge in [-0.25, -0.2) is 9.97 Å². The Bertz CT molecular complexity index is 421. The summed E-state index contributed by atoms with van der Waals surface area (Å²) < 4.78 is 0. The van der Waals surface area contributed by atoms with Gasteiger partial charge in [-0.2, -0.15) is 0 Å². The SMILES string of the molecule is CCNc1cc(NCC2CCCN(C)C2)nc(CC)n1. The van der Waals surface area contributed by atoms with E-state index in [1.165, 1.54) is 25.9 Å². The summed E-state index contributed by atoms with van der Waals surface area (Å²) in [5.74, 6) is 3.48. The summed E-state index contributed by atoms with van der Waals surface area (Å²) >= 11 is 0. The Morgan fingerprint density at radius 2 is 2.00 bits per heavy atom. The van der Waals surface area contributed by atoms with Crippen molar-refractivity contribution < 1.29 is 0 Å². The molecule has 0 bridgehead atoms. The molecule has 1 aromatic rings. The predicted molar refractivity (Wildman–Crippen MR) is 84.3 cm³/mol. The monoisotopic (exact) mass is 277 g/mol. The highest BCUT2D eigenvalue weighted by molar-refractivity contribution is 5.47. The van der Waals surface area contributed by atoms with E-state index in [2.05, 4.69) is 46.4 Å². The van der Waals surface area contributed by atoms with Crippen LogP contribution in [0.1, 0.15) is 32.5 Å². The maximum Gasteiger partial charge on any atom is 0.132 e. The first-order chi connectivity index (χ1) is 9.71. The van der Waals surface area contributed by atoms with Crippen molar-refractivity contribution in [2.75, 3.05) is 43.9 Å². The molecule has 1 unspecified atom stereocenters. The summed E-state index contributed by atoms with van der Waals surface area (Å²) in [5.41, 5.74) is 0. The van der Waals surface area contributed by atoms with Crippen LogP contribution >= 0.6 is 0 Å². The van der Waals surface area contributed by atoms with Crippen LogP contribution in [0.15, 0.2) is 6.07 Å². The van der Waals surface area contributed by atoms with Gasteiger partial charge in [0, 0.05) is 32.1 Å². The number of hydrogen-bond donors (Lipinski definition) is 2. The van der Waals surface area contributed by atoms with Crippen molar-refractivity contribution >= 4 is 11.6 Å². The van der Waals surface area contributed by atoms with Crippen molar-refractivity contribution in [2.45, 2.75) is 33.1 Å². The van der Waals surface area contributed by atoms with Crippen LogP contribution < -0.4 is 10.6 Å². The minimum Gasteiger partial charge on any atom is -0.370 e. The highest BCUT2D eigenvalue weighted by atomic mass is 15.1. The summed E-state index contributed by atoms with van der Waals surface area (Å²) in [6, 6.07) is 2.01. The van der Waals surface area contributed by atoms with Crippen LogP contribution in [-0.2, 0) is 6.42 Å². The van der Waals surface area contributed by atoms with Gasteiger partial charge in [-0.05, 0) is 39.3 Å². The summed E-state index contributed by atoms with van der Waals surface area (Å²) in [6.45, 7) is 8.46. The zero-order chi connectivity index (χ0) is 14.4. The van der Waals surface area contributed by atoms with E-state index in [1.54, 1.807) is 0 Å². The molecule has 112 valence electrons. The van der Waals surface area contributed by atoms with E-state index in [4.69, 9.17) is 0 Å². The normalized spacial score (nSPS) is 19.9. The number of piperidine rings is 1. The highest BCUT2D eigenvalue weighted by Crippen LogP contribution is 2.17. The first-order valence-corrected chi connectivity index (χ1v) is 7.75. The smallest absolute Gasteiger partial charge is 0.132 e. The second kappa shape index (κ2) is 7.43. The van der Waals surface area contributed by atoms with Crippen LogP contribution in [0.2, 0.25) is 0 Å². The molecule has 0 aromatic carbocycles. The van der Waals surface area contributed by atoms with Crippen molar-refractivity contribution in [1.29, 1.82) is 0 Å². The van der Waals surface area contributed by atoms with Gasteiger partial charge >= 0.3 is 0 Å². The lowest BCUT2D eigenvalue weighted by Crippen LogP contribution is -2.35. The highest BCUT2D eigenvalue weighted by Gasteiger charge is 2.17. The van der Waals surface area contributed by atoms with Crippen molar-refractivity contribution in [3.8, 4) is 0 Å². The maximum atomic E-state index is 4.56. The third kappa shape index (κ3) is 4.34. The molecule has 1 aromatic heterocycles. The topological polar surface area (TPSA) is 53.1 Å². The van der Waals surface area contributed by atoms with Gasteiger partial charge in [0.2, 0.25) is 0 Å². The van der Waals surface area contributed by atoms with Crippen LogP contribution in [0, 0.1) is 5.92 Å². The zero-order valence-electron chi connectivity index (χ0n) is 12.9. The van der Waals surface area contributed by atoms with Gasteiger partial charge in [0.25, 0.3) is 0 Å². The van der Waals surface area contributed by atoms with E-state index >= 15 is 0 Å². The fraction of sp³-hybridized carbons (Fsp3) is 0.733. The molecule has 20 heavy (non-hydrogen) atoms. The molecule has 2 rings (SSSR count). The molecule has 0 amide bonds. The number of aryl methyl sites for hydroxylation is 1. The maximum absolute atomic E-state index is 4.56. The van der Waals surface area contributed by atoms with E-state index in [-0.39, 0.29) is 0 Å². The molecule has 5 heteroatoms. The van der Waals surface area contributed by atoms with Gasteiger partial charge in [-0.1, -0.05) is 6.92 Å². The summed E-state index contributed by atoms with van der Waals surface area (Å²) in [4.78, 5) is 11.5. The molecular weight excluding hydrogens is 250 g/mol. The molecule has 1 fully saturated rings. The van der Waals surface area contributed by atoms with Gasteiger partial charge in [0.15, 0.2) is 0 Å². The summed E-state index contributed by atoms with van der Waals surface area (Å²) in [5, 5.41) is 6.76. The third-order valence-electron chi connectivity index (χ3n) is 3.74. The Morgan fingerprint density at radius 3 is 2.65 bits per heavy atom. The first-order valence-electron chi connectivity index (χ1n) is 7.75. The largest absolute Gasteiger partial charge is 0.370 e. The van der Waals surface area contributed by atoms with Crippen LogP contribution in [0.25, 0.3) is 0 Å². The number of likely N-dealkylation sites (tertiary alicyclic amines) is 1.